The quantitative estimate of drug-likeness (QED) is 0.652. The molecule has 1 aliphatic rings. The number of ketones is 1. The SMILES string of the molecule is COC1(OC)CC(O)=C(C(=O)c2ccccc2)C=C1O. The molecule has 106 valence electrons. The summed E-state index contributed by atoms with van der Waals surface area (Å²) in [6, 6.07) is 8.53. The molecular weight excluding hydrogens is 260 g/mol. The Morgan fingerprint density at radius 2 is 1.75 bits per heavy atom. The molecule has 0 saturated heterocycles. The predicted molar refractivity (Wildman–Crippen MR) is 72.5 cm³/mol. The van der Waals surface area contributed by atoms with E-state index in [1.807, 2.05) is 0 Å². The van der Waals surface area contributed by atoms with Crippen molar-refractivity contribution in [3.8, 4) is 0 Å². The zero-order valence-corrected chi connectivity index (χ0v) is 11.3. The number of carbonyl (C=O) groups excluding carboxylic acids is 1. The summed E-state index contributed by atoms with van der Waals surface area (Å²) in [4.78, 5) is 12.3. The molecule has 1 aromatic rings. The Hall–Kier alpha value is -2.11. The fourth-order valence-corrected chi connectivity index (χ4v) is 2.11. The highest BCUT2D eigenvalue weighted by molar-refractivity contribution is 6.11. The van der Waals surface area contributed by atoms with Crippen molar-refractivity contribution in [3.63, 3.8) is 0 Å². The Balaban J connectivity index is 2.38. The van der Waals surface area contributed by atoms with Gasteiger partial charge in [-0.3, -0.25) is 4.79 Å². The topological polar surface area (TPSA) is 76.0 Å². The van der Waals surface area contributed by atoms with Gasteiger partial charge in [-0.2, -0.15) is 0 Å². The number of hydrogen-bond acceptors (Lipinski definition) is 5. The summed E-state index contributed by atoms with van der Waals surface area (Å²) in [5.41, 5.74) is 0.471. The molecule has 5 heteroatoms. The summed E-state index contributed by atoms with van der Waals surface area (Å²) in [6.07, 6.45) is 1.05. The van der Waals surface area contributed by atoms with E-state index in [-0.39, 0.29) is 29.3 Å². The number of allylic oxidation sites excluding steroid dienone is 2. The molecule has 20 heavy (non-hydrogen) atoms. The van der Waals surface area contributed by atoms with Gasteiger partial charge in [0.25, 0.3) is 0 Å². The van der Waals surface area contributed by atoms with Crippen LogP contribution in [0.3, 0.4) is 0 Å². The first-order chi connectivity index (χ1) is 9.54. The second-order valence-corrected chi connectivity index (χ2v) is 4.42. The van der Waals surface area contributed by atoms with Crippen LogP contribution in [0.5, 0.6) is 0 Å². The van der Waals surface area contributed by atoms with E-state index < -0.39 is 5.79 Å². The lowest BCUT2D eigenvalue weighted by Crippen LogP contribution is -2.39. The minimum Gasteiger partial charge on any atom is -0.511 e. The molecule has 0 amide bonds. The zero-order chi connectivity index (χ0) is 14.8. The Morgan fingerprint density at radius 3 is 2.30 bits per heavy atom. The number of methoxy groups -OCH3 is 2. The van der Waals surface area contributed by atoms with Crippen molar-refractivity contribution >= 4 is 5.78 Å². The van der Waals surface area contributed by atoms with Crippen molar-refractivity contribution in [1.82, 2.24) is 0 Å². The third kappa shape index (κ3) is 2.33. The van der Waals surface area contributed by atoms with Gasteiger partial charge in [-0.15, -0.1) is 0 Å². The van der Waals surface area contributed by atoms with Crippen LogP contribution in [0.4, 0.5) is 0 Å². The lowest BCUT2D eigenvalue weighted by molar-refractivity contribution is -0.200. The molecule has 1 aromatic carbocycles. The van der Waals surface area contributed by atoms with Crippen molar-refractivity contribution < 1.29 is 24.5 Å². The van der Waals surface area contributed by atoms with Gasteiger partial charge in [0.2, 0.25) is 5.79 Å². The molecule has 0 radical (unpaired) electrons. The maximum absolute atomic E-state index is 12.3. The van der Waals surface area contributed by atoms with Crippen molar-refractivity contribution in [1.29, 1.82) is 0 Å². The van der Waals surface area contributed by atoms with Crippen molar-refractivity contribution in [2.45, 2.75) is 12.2 Å². The highest BCUT2D eigenvalue weighted by atomic mass is 16.7. The maximum Gasteiger partial charge on any atom is 0.234 e. The molecule has 1 aliphatic carbocycles. The van der Waals surface area contributed by atoms with Gasteiger partial charge in [-0.05, 0) is 6.08 Å². The van der Waals surface area contributed by atoms with Gasteiger partial charge in [0.1, 0.15) is 5.76 Å². The first-order valence-electron chi connectivity index (χ1n) is 6.07. The molecule has 0 aromatic heterocycles. The normalized spacial score (nSPS) is 17.8. The molecule has 0 unspecified atom stereocenters. The number of ether oxygens (including phenoxy) is 2. The van der Waals surface area contributed by atoms with E-state index in [1.165, 1.54) is 20.3 Å². The summed E-state index contributed by atoms with van der Waals surface area (Å²) in [7, 11) is 2.70. The van der Waals surface area contributed by atoms with Gasteiger partial charge in [-0.25, -0.2) is 0 Å². The lowest BCUT2D eigenvalue weighted by atomic mass is 9.92. The lowest BCUT2D eigenvalue weighted by Gasteiger charge is -2.32. The van der Waals surface area contributed by atoms with Crippen LogP contribution in [-0.4, -0.2) is 36.0 Å². The maximum atomic E-state index is 12.3. The summed E-state index contributed by atoms with van der Waals surface area (Å²) < 4.78 is 10.2. The van der Waals surface area contributed by atoms with Gasteiger partial charge in [0, 0.05) is 19.8 Å². The molecule has 2 N–H and O–H groups in total. The van der Waals surface area contributed by atoms with Crippen LogP contribution in [0.1, 0.15) is 16.8 Å². The van der Waals surface area contributed by atoms with Crippen molar-refractivity contribution in [2.75, 3.05) is 14.2 Å². The summed E-state index contributed by atoms with van der Waals surface area (Å²) in [5.74, 6) is -2.24. The molecule has 0 atom stereocenters. The number of Topliss-reactive ketones (excluding diaryl/α,β-unsaturated/α-hetero) is 1. The van der Waals surface area contributed by atoms with Gasteiger partial charge >= 0.3 is 0 Å². The van der Waals surface area contributed by atoms with Crippen molar-refractivity contribution in [3.05, 3.63) is 59.1 Å². The third-order valence-electron chi connectivity index (χ3n) is 3.32. The van der Waals surface area contributed by atoms with Gasteiger partial charge in [0.15, 0.2) is 11.5 Å². The smallest absolute Gasteiger partial charge is 0.234 e. The van der Waals surface area contributed by atoms with E-state index in [1.54, 1.807) is 30.3 Å². The number of benzene rings is 1. The van der Waals surface area contributed by atoms with E-state index in [4.69, 9.17) is 9.47 Å². The predicted octanol–water partition coefficient (Wildman–Crippen LogP) is 2.52. The Labute approximate surface area is 116 Å². The highest BCUT2D eigenvalue weighted by Gasteiger charge is 2.41. The Kier molecular flexibility index (Phi) is 3.92. The molecule has 0 spiro atoms. The second kappa shape index (κ2) is 5.48. The summed E-state index contributed by atoms with van der Waals surface area (Å²) in [6.45, 7) is 0. The van der Waals surface area contributed by atoms with E-state index in [9.17, 15) is 15.0 Å². The minimum absolute atomic E-state index is 0.0402. The van der Waals surface area contributed by atoms with Gasteiger partial charge in [0.05, 0.1) is 12.0 Å². The molecule has 0 fully saturated rings. The first kappa shape index (κ1) is 14.3. The van der Waals surface area contributed by atoms with Crippen LogP contribution >= 0.6 is 0 Å². The summed E-state index contributed by atoms with van der Waals surface area (Å²) >= 11 is 0. The molecule has 0 bridgehead atoms. The molecule has 0 aliphatic heterocycles. The molecular formula is C15H16O5. The fraction of sp³-hybridized carbons (Fsp3) is 0.267. The van der Waals surface area contributed by atoms with Crippen LogP contribution in [0.2, 0.25) is 0 Å². The van der Waals surface area contributed by atoms with Crippen molar-refractivity contribution in [2.24, 2.45) is 0 Å². The number of hydrogen-bond donors (Lipinski definition) is 2. The minimum atomic E-state index is -1.44. The average Bonchev–Trinajstić information content (AvgIpc) is 2.49. The highest BCUT2D eigenvalue weighted by Crippen LogP contribution is 2.34. The largest absolute Gasteiger partial charge is 0.511 e. The van der Waals surface area contributed by atoms with E-state index in [0.717, 1.165) is 0 Å². The number of aliphatic hydroxyl groups excluding tert-OH is 2. The van der Waals surface area contributed by atoms with Crippen LogP contribution < -0.4 is 0 Å². The number of carbonyl (C=O) groups is 1. The average molecular weight is 276 g/mol. The second-order valence-electron chi connectivity index (χ2n) is 4.42. The number of aliphatic hydroxyl groups is 2. The molecule has 0 saturated carbocycles. The molecule has 0 heterocycles. The van der Waals surface area contributed by atoms with E-state index in [2.05, 4.69) is 0 Å². The van der Waals surface area contributed by atoms with Crippen LogP contribution in [0.15, 0.2) is 53.5 Å². The Bertz CT molecular complexity index is 567. The van der Waals surface area contributed by atoms with E-state index in [0.29, 0.717) is 5.56 Å². The van der Waals surface area contributed by atoms with E-state index >= 15 is 0 Å². The zero-order valence-electron chi connectivity index (χ0n) is 11.3. The van der Waals surface area contributed by atoms with Gasteiger partial charge in [-0.1, -0.05) is 30.3 Å². The molecule has 5 nitrogen and oxygen atoms in total. The first-order valence-corrected chi connectivity index (χ1v) is 6.07. The fourth-order valence-electron chi connectivity index (χ4n) is 2.11. The van der Waals surface area contributed by atoms with Crippen LogP contribution in [0, 0.1) is 0 Å². The Morgan fingerprint density at radius 1 is 1.15 bits per heavy atom. The number of rotatable bonds is 4. The van der Waals surface area contributed by atoms with Crippen LogP contribution in [0.25, 0.3) is 0 Å². The molecule has 2 rings (SSSR count). The summed E-state index contributed by atoms with van der Waals surface area (Å²) in [5, 5.41) is 20.1. The monoisotopic (exact) mass is 276 g/mol. The third-order valence-corrected chi connectivity index (χ3v) is 3.32. The van der Waals surface area contributed by atoms with Crippen LogP contribution in [-0.2, 0) is 9.47 Å². The van der Waals surface area contributed by atoms with Gasteiger partial charge < -0.3 is 19.7 Å². The standard InChI is InChI=1S/C15H16O5/c1-19-15(20-2)9-12(16)11(8-13(15)17)14(18)10-6-4-3-5-7-10/h3-8,16-17H,9H2,1-2H3.